The van der Waals surface area contributed by atoms with E-state index in [0.29, 0.717) is 11.3 Å². The molecule has 5 aromatic rings. The van der Waals surface area contributed by atoms with Gasteiger partial charge < -0.3 is 5.32 Å². The number of fused-ring (bicyclic) bond motifs is 2. The Morgan fingerprint density at radius 3 is 2.75 bits per heavy atom. The molecule has 0 saturated carbocycles. The van der Waals surface area contributed by atoms with Crippen LogP contribution >= 0.6 is 11.3 Å². The number of aromatic nitrogens is 4. The Morgan fingerprint density at radius 1 is 1.07 bits per heavy atom. The standard InChI is InChI=1S/C20H13N5O2S/c26-18(15-11-21-17-3-1-2-8-25(17)19(15)27)22-14-6-4-13(5-7-14)16-12-24-9-10-28-20(24)23-16/h1-12H,(H,22,26). The van der Waals surface area contributed by atoms with Crippen molar-refractivity contribution in [3.8, 4) is 11.3 Å². The van der Waals surface area contributed by atoms with Crippen LogP contribution in [0.5, 0.6) is 0 Å². The third-order valence-electron chi connectivity index (χ3n) is 4.39. The van der Waals surface area contributed by atoms with Crippen molar-refractivity contribution in [2.24, 2.45) is 0 Å². The number of carbonyl (C=O) groups is 1. The molecule has 0 radical (unpaired) electrons. The fraction of sp³-hybridized carbons (Fsp3) is 0. The van der Waals surface area contributed by atoms with Crippen molar-refractivity contribution < 1.29 is 4.79 Å². The van der Waals surface area contributed by atoms with Crippen LogP contribution in [-0.2, 0) is 0 Å². The van der Waals surface area contributed by atoms with Crippen LogP contribution in [0.15, 0.2) is 77.4 Å². The van der Waals surface area contributed by atoms with Crippen LogP contribution in [0, 0.1) is 0 Å². The van der Waals surface area contributed by atoms with E-state index in [4.69, 9.17) is 0 Å². The zero-order valence-electron chi connectivity index (χ0n) is 14.4. The number of thiazole rings is 1. The van der Waals surface area contributed by atoms with E-state index in [2.05, 4.69) is 15.3 Å². The molecule has 0 atom stereocenters. The Labute approximate surface area is 162 Å². The number of benzene rings is 1. The van der Waals surface area contributed by atoms with Crippen molar-refractivity contribution in [3.63, 3.8) is 0 Å². The molecule has 4 heterocycles. The molecule has 7 nitrogen and oxygen atoms in total. The van der Waals surface area contributed by atoms with Gasteiger partial charge in [0.15, 0.2) is 4.96 Å². The minimum Gasteiger partial charge on any atom is -0.322 e. The molecule has 0 aliphatic rings. The quantitative estimate of drug-likeness (QED) is 0.515. The lowest BCUT2D eigenvalue weighted by Crippen LogP contribution is -2.26. The summed E-state index contributed by atoms with van der Waals surface area (Å²) in [5.41, 5.74) is 2.48. The second-order valence-electron chi connectivity index (χ2n) is 6.16. The molecule has 136 valence electrons. The van der Waals surface area contributed by atoms with E-state index in [1.807, 2.05) is 34.3 Å². The summed E-state index contributed by atoms with van der Waals surface area (Å²) in [5, 5.41) is 4.73. The molecule has 0 bridgehead atoms. The highest BCUT2D eigenvalue weighted by Crippen LogP contribution is 2.23. The van der Waals surface area contributed by atoms with Gasteiger partial charge in [-0.05, 0) is 24.3 Å². The number of nitrogens with one attached hydrogen (secondary N) is 1. The van der Waals surface area contributed by atoms with Gasteiger partial charge in [-0.25, -0.2) is 9.97 Å². The van der Waals surface area contributed by atoms with Crippen molar-refractivity contribution in [2.75, 3.05) is 5.32 Å². The van der Waals surface area contributed by atoms with Gasteiger partial charge in [0.25, 0.3) is 11.5 Å². The number of hydrogen-bond donors (Lipinski definition) is 1. The largest absolute Gasteiger partial charge is 0.322 e. The Bertz CT molecular complexity index is 1350. The maximum atomic E-state index is 12.5. The van der Waals surface area contributed by atoms with Crippen LogP contribution < -0.4 is 10.9 Å². The van der Waals surface area contributed by atoms with Gasteiger partial charge in [-0.1, -0.05) is 18.2 Å². The van der Waals surface area contributed by atoms with Crippen LogP contribution in [0.3, 0.4) is 0 Å². The zero-order chi connectivity index (χ0) is 19.1. The first-order valence-corrected chi connectivity index (χ1v) is 9.37. The Balaban J connectivity index is 1.40. The number of anilines is 1. The number of imidazole rings is 1. The molecule has 1 aromatic carbocycles. The van der Waals surface area contributed by atoms with E-state index < -0.39 is 11.5 Å². The second kappa shape index (κ2) is 6.43. The molecule has 0 aliphatic carbocycles. The second-order valence-corrected chi connectivity index (χ2v) is 7.03. The molecule has 0 fully saturated rings. The highest BCUT2D eigenvalue weighted by Gasteiger charge is 2.13. The highest BCUT2D eigenvalue weighted by molar-refractivity contribution is 7.15. The van der Waals surface area contributed by atoms with E-state index in [9.17, 15) is 9.59 Å². The average molecular weight is 387 g/mol. The van der Waals surface area contributed by atoms with Crippen LogP contribution in [-0.4, -0.2) is 24.7 Å². The summed E-state index contributed by atoms with van der Waals surface area (Å²) in [7, 11) is 0. The van der Waals surface area contributed by atoms with Gasteiger partial charge >= 0.3 is 0 Å². The summed E-state index contributed by atoms with van der Waals surface area (Å²) < 4.78 is 3.32. The lowest BCUT2D eigenvalue weighted by atomic mass is 10.1. The Morgan fingerprint density at radius 2 is 1.93 bits per heavy atom. The van der Waals surface area contributed by atoms with Gasteiger partial charge in [-0.3, -0.25) is 18.4 Å². The number of rotatable bonds is 3. The van der Waals surface area contributed by atoms with Gasteiger partial charge in [0.1, 0.15) is 11.2 Å². The summed E-state index contributed by atoms with van der Waals surface area (Å²) in [6.45, 7) is 0. The smallest absolute Gasteiger partial charge is 0.270 e. The molecule has 4 aromatic heterocycles. The zero-order valence-corrected chi connectivity index (χ0v) is 15.3. The van der Waals surface area contributed by atoms with Crippen LogP contribution in [0.2, 0.25) is 0 Å². The lowest BCUT2D eigenvalue weighted by Gasteiger charge is -2.07. The fourth-order valence-electron chi connectivity index (χ4n) is 2.97. The van der Waals surface area contributed by atoms with E-state index >= 15 is 0 Å². The number of amides is 1. The molecule has 0 saturated heterocycles. The maximum absolute atomic E-state index is 12.5. The normalized spacial score (nSPS) is 11.1. The molecule has 28 heavy (non-hydrogen) atoms. The van der Waals surface area contributed by atoms with Gasteiger partial charge in [-0.15, -0.1) is 11.3 Å². The first-order chi connectivity index (χ1) is 13.7. The summed E-state index contributed by atoms with van der Waals surface area (Å²) in [6.07, 6.45) is 6.81. The van der Waals surface area contributed by atoms with Gasteiger partial charge in [0.05, 0.1) is 5.69 Å². The molecule has 0 spiro atoms. The molecular formula is C20H13N5O2S. The maximum Gasteiger partial charge on any atom is 0.270 e. The molecule has 1 amide bonds. The molecule has 1 N–H and O–H groups in total. The lowest BCUT2D eigenvalue weighted by molar-refractivity contribution is 0.102. The SMILES string of the molecule is O=C(Nc1ccc(-c2cn3ccsc3n2)cc1)c1cnc2ccccn2c1=O. The Kier molecular flexibility index (Phi) is 3.77. The minimum atomic E-state index is -0.494. The average Bonchev–Trinajstić information content (AvgIpc) is 3.31. The van der Waals surface area contributed by atoms with Gasteiger partial charge in [-0.2, -0.15) is 0 Å². The van der Waals surface area contributed by atoms with E-state index in [-0.39, 0.29) is 5.56 Å². The number of carbonyl (C=O) groups excluding carboxylic acids is 1. The minimum absolute atomic E-state index is 0.0119. The number of pyridine rings is 1. The third kappa shape index (κ3) is 2.76. The highest BCUT2D eigenvalue weighted by atomic mass is 32.1. The van der Waals surface area contributed by atoms with Crippen molar-refractivity contribution in [1.82, 2.24) is 18.8 Å². The number of hydrogen-bond acceptors (Lipinski definition) is 5. The van der Waals surface area contributed by atoms with E-state index in [1.165, 1.54) is 10.6 Å². The monoisotopic (exact) mass is 387 g/mol. The van der Waals surface area contributed by atoms with E-state index in [0.717, 1.165) is 16.2 Å². The van der Waals surface area contributed by atoms with Gasteiger partial charge in [0.2, 0.25) is 0 Å². The molecule has 0 unspecified atom stereocenters. The number of nitrogens with zero attached hydrogens (tertiary/aromatic N) is 4. The summed E-state index contributed by atoms with van der Waals surface area (Å²) >= 11 is 1.57. The fourth-order valence-corrected chi connectivity index (χ4v) is 3.67. The molecule has 8 heteroatoms. The van der Waals surface area contributed by atoms with Crippen LogP contribution in [0.1, 0.15) is 10.4 Å². The van der Waals surface area contributed by atoms with Crippen molar-refractivity contribution in [2.45, 2.75) is 0 Å². The van der Waals surface area contributed by atoms with Gasteiger partial charge in [0, 0.05) is 41.4 Å². The summed E-state index contributed by atoms with van der Waals surface area (Å²) in [4.78, 5) is 34.7. The van der Waals surface area contributed by atoms with Crippen LogP contribution in [0.25, 0.3) is 21.9 Å². The predicted molar refractivity (Wildman–Crippen MR) is 108 cm³/mol. The first kappa shape index (κ1) is 16.4. The first-order valence-electron chi connectivity index (χ1n) is 8.49. The topological polar surface area (TPSA) is 80.8 Å². The molecule has 5 rings (SSSR count). The van der Waals surface area contributed by atoms with E-state index in [1.54, 1.807) is 47.9 Å². The molecular weight excluding hydrogens is 374 g/mol. The van der Waals surface area contributed by atoms with Crippen molar-refractivity contribution in [3.05, 3.63) is 88.5 Å². The third-order valence-corrected chi connectivity index (χ3v) is 5.16. The van der Waals surface area contributed by atoms with Crippen molar-refractivity contribution in [1.29, 1.82) is 0 Å². The summed E-state index contributed by atoms with van der Waals surface area (Å²) in [6, 6.07) is 12.5. The molecule has 0 aliphatic heterocycles. The van der Waals surface area contributed by atoms with Crippen molar-refractivity contribution >= 4 is 33.5 Å². The predicted octanol–water partition coefficient (Wildman–Crippen LogP) is 3.32. The van der Waals surface area contributed by atoms with Crippen LogP contribution in [0.4, 0.5) is 5.69 Å². The summed E-state index contributed by atoms with van der Waals surface area (Å²) in [5.74, 6) is -0.494. The Hall–Kier alpha value is -3.78.